The summed E-state index contributed by atoms with van der Waals surface area (Å²) in [5, 5.41) is 44.6. The van der Waals surface area contributed by atoms with E-state index in [1.54, 1.807) is 14.1 Å². The highest BCUT2D eigenvalue weighted by atomic mass is 35.5. The van der Waals surface area contributed by atoms with E-state index in [0.717, 1.165) is 56.2 Å². The van der Waals surface area contributed by atoms with Gasteiger partial charge >= 0.3 is 0 Å². The molecule has 0 saturated heterocycles. The first kappa shape index (κ1) is 38.2. The first-order valence-corrected chi connectivity index (χ1v) is 18.4. The molecule has 0 aliphatic heterocycles. The predicted molar refractivity (Wildman–Crippen MR) is 213 cm³/mol. The van der Waals surface area contributed by atoms with Crippen molar-refractivity contribution >= 4 is 23.2 Å². The van der Waals surface area contributed by atoms with Gasteiger partial charge in [-0.2, -0.15) is 9.59 Å². The van der Waals surface area contributed by atoms with Crippen LogP contribution in [0.25, 0.3) is 45.0 Å². The Hall–Kier alpha value is -6.06. The fourth-order valence-electron chi connectivity index (χ4n) is 6.46. The normalized spacial score (nSPS) is 11.1. The van der Waals surface area contributed by atoms with Crippen LogP contribution in [0.2, 0.25) is 10.3 Å². The maximum atomic E-state index is 9.56. The van der Waals surface area contributed by atoms with Crippen LogP contribution in [0, 0.1) is 13.8 Å². The number of halogens is 2. The third-order valence-corrected chi connectivity index (χ3v) is 9.90. The molecule has 14 nitrogen and oxygen atoms in total. The topological polar surface area (TPSA) is 163 Å². The Kier molecular flexibility index (Phi) is 11.4. The highest BCUT2D eigenvalue weighted by Gasteiger charge is 2.16. The van der Waals surface area contributed by atoms with Gasteiger partial charge in [0.1, 0.15) is 11.6 Å². The molecule has 56 heavy (non-hydrogen) atoms. The average Bonchev–Trinajstić information content (AvgIpc) is 3.98. The van der Waals surface area contributed by atoms with Crippen LogP contribution < -0.4 is 0 Å². The summed E-state index contributed by atoms with van der Waals surface area (Å²) >= 11 is 12.2. The molecule has 0 saturated carbocycles. The van der Waals surface area contributed by atoms with Crippen LogP contribution in [0.4, 0.5) is 0 Å². The summed E-state index contributed by atoms with van der Waals surface area (Å²) in [6.07, 6.45) is 0. The molecule has 0 radical (unpaired) electrons. The molecular formula is C40H38Cl2N12O2. The molecule has 0 fully saturated rings. The number of aliphatic hydroxyl groups is 2. The van der Waals surface area contributed by atoms with Crippen LogP contribution in [0.15, 0.2) is 97.1 Å². The van der Waals surface area contributed by atoms with Gasteiger partial charge < -0.3 is 19.3 Å². The fraction of sp³-hybridized carbons (Fsp3) is 0.200. The molecule has 284 valence electrons. The third kappa shape index (κ3) is 8.14. The van der Waals surface area contributed by atoms with Crippen LogP contribution in [0.5, 0.6) is 0 Å². The van der Waals surface area contributed by atoms with Gasteiger partial charge in [-0.3, -0.25) is 0 Å². The Morgan fingerprint density at radius 1 is 0.518 bits per heavy atom. The summed E-state index contributed by atoms with van der Waals surface area (Å²) in [6, 6.07) is 32.5. The molecule has 0 atom stereocenters. The molecule has 0 amide bonds. The number of tetrazole rings is 2. The first-order chi connectivity index (χ1) is 27.1. The molecule has 0 aliphatic carbocycles. The SMILES string of the molecule is Cc1nc(Cl)c(CO)n1Cc1ccc(-c2ccccc2-c2nnn(C)n2)cc1.Cc1nc(Cl)c(CO)n1Cc1ccc(-c2ccccc2-c2nnn(C)n2)cc1. The van der Waals surface area contributed by atoms with Gasteiger partial charge in [0.05, 0.1) is 38.7 Å². The number of benzene rings is 4. The van der Waals surface area contributed by atoms with Crippen molar-refractivity contribution < 1.29 is 10.2 Å². The van der Waals surface area contributed by atoms with Crippen molar-refractivity contribution in [2.45, 2.75) is 40.2 Å². The fourth-order valence-corrected chi connectivity index (χ4v) is 7.02. The average molecular weight is 790 g/mol. The number of nitrogens with zero attached hydrogens (tertiary/aromatic N) is 12. The zero-order valence-electron chi connectivity index (χ0n) is 31.1. The van der Waals surface area contributed by atoms with Gasteiger partial charge in [-0.15, -0.1) is 20.4 Å². The van der Waals surface area contributed by atoms with Crippen LogP contribution >= 0.6 is 23.2 Å². The summed E-state index contributed by atoms with van der Waals surface area (Å²) in [7, 11) is 3.50. The maximum Gasteiger partial charge on any atom is 0.205 e. The van der Waals surface area contributed by atoms with E-state index in [4.69, 9.17) is 23.2 Å². The van der Waals surface area contributed by atoms with Gasteiger partial charge in [-0.25, -0.2) is 9.97 Å². The van der Waals surface area contributed by atoms with Gasteiger partial charge in [0.2, 0.25) is 11.6 Å². The standard InChI is InChI=1S/2C20H19ClN6O/c2*1-13-22-19(21)18(12-28)27(13)11-14-7-9-15(10-8-14)16-5-3-4-6-17(16)20-23-25-26(2)24-20/h2*3-10,28H,11-12H2,1-2H3. The highest BCUT2D eigenvalue weighted by molar-refractivity contribution is 6.30. The van der Waals surface area contributed by atoms with Crippen molar-refractivity contribution in [1.29, 1.82) is 0 Å². The summed E-state index contributed by atoms with van der Waals surface area (Å²) in [5.41, 5.74) is 9.51. The molecule has 0 bridgehead atoms. The smallest absolute Gasteiger partial charge is 0.205 e. The number of imidazole rings is 2. The van der Waals surface area contributed by atoms with E-state index in [0.29, 0.717) is 46.4 Å². The minimum atomic E-state index is -0.143. The molecule has 16 heteroatoms. The van der Waals surface area contributed by atoms with Crippen molar-refractivity contribution in [3.8, 4) is 45.0 Å². The zero-order chi connectivity index (χ0) is 39.3. The summed E-state index contributed by atoms with van der Waals surface area (Å²) in [4.78, 5) is 11.4. The number of aliphatic hydroxyl groups excluding tert-OH is 2. The van der Waals surface area contributed by atoms with E-state index in [1.807, 2.05) is 71.5 Å². The number of aryl methyl sites for hydroxylation is 4. The molecule has 4 aromatic heterocycles. The summed E-state index contributed by atoms with van der Waals surface area (Å²) in [6.45, 7) is 4.66. The molecule has 2 N–H and O–H groups in total. The van der Waals surface area contributed by atoms with Gasteiger partial charge in [0, 0.05) is 24.2 Å². The van der Waals surface area contributed by atoms with Gasteiger partial charge in [-0.05, 0) is 57.7 Å². The molecule has 4 aromatic carbocycles. The molecule has 0 spiro atoms. The summed E-state index contributed by atoms with van der Waals surface area (Å²) < 4.78 is 3.85. The largest absolute Gasteiger partial charge is 0.390 e. The Morgan fingerprint density at radius 2 is 0.875 bits per heavy atom. The van der Waals surface area contributed by atoms with Crippen molar-refractivity contribution in [3.63, 3.8) is 0 Å². The van der Waals surface area contributed by atoms with E-state index in [1.165, 1.54) is 9.59 Å². The van der Waals surface area contributed by atoms with Crippen molar-refractivity contribution in [2.75, 3.05) is 0 Å². The lowest BCUT2D eigenvalue weighted by atomic mass is 9.98. The van der Waals surface area contributed by atoms with Gasteiger partial charge in [-0.1, -0.05) is 120 Å². The van der Waals surface area contributed by atoms with Crippen molar-refractivity contribution in [3.05, 3.63) is 142 Å². The predicted octanol–water partition coefficient (Wildman–Crippen LogP) is 6.49. The van der Waals surface area contributed by atoms with Crippen molar-refractivity contribution in [1.82, 2.24) is 59.5 Å². The molecule has 4 heterocycles. The minimum Gasteiger partial charge on any atom is -0.390 e. The van der Waals surface area contributed by atoms with E-state index in [2.05, 4.69) is 89.3 Å². The molecule has 0 unspecified atom stereocenters. The van der Waals surface area contributed by atoms with E-state index in [9.17, 15) is 10.2 Å². The van der Waals surface area contributed by atoms with Crippen LogP contribution in [-0.4, -0.2) is 69.7 Å². The second kappa shape index (κ2) is 16.8. The number of rotatable bonds is 10. The van der Waals surface area contributed by atoms with Gasteiger partial charge in [0.25, 0.3) is 0 Å². The third-order valence-electron chi connectivity index (χ3n) is 9.29. The number of aromatic nitrogens is 12. The van der Waals surface area contributed by atoms with Crippen LogP contribution in [-0.2, 0) is 40.4 Å². The molecule has 0 aliphatic rings. The molecule has 8 aromatic rings. The Labute approximate surface area is 332 Å². The highest BCUT2D eigenvalue weighted by Crippen LogP contribution is 2.32. The Bertz CT molecular complexity index is 2410. The first-order valence-electron chi connectivity index (χ1n) is 17.6. The van der Waals surface area contributed by atoms with E-state index < -0.39 is 0 Å². The van der Waals surface area contributed by atoms with Crippen molar-refractivity contribution in [2.24, 2.45) is 14.1 Å². The van der Waals surface area contributed by atoms with E-state index >= 15 is 0 Å². The van der Waals surface area contributed by atoms with Gasteiger partial charge in [0.15, 0.2) is 10.3 Å². The van der Waals surface area contributed by atoms with E-state index in [-0.39, 0.29) is 13.2 Å². The summed E-state index contributed by atoms with van der Waals surface area (Å²) in [5.74, 6) is 2.74. The lowest BCUT2D eigenvalue weighted by Gasteiger charge is -2.11. The second-order valence-electron chi connectivity index (χ2n) is 13.0. The van der Waals surface area contributed by atoms with Crippen LogP contribution in [0.1, 0.15) is 34.2 Å². The Balaban J connectivity index is 0.000000172. The molecule has 8 rings (SSSR count). The second-order valence-corrected chi connectivity index (χ2v) is 13.7. The zero-order valence-corrected chi connectivity index (χ0v) is 32.6. The number of hydrogen-bond acceptors (Lipinski definition) is 10. The minimum absolute atomic E-state index is 0.143. The molecular weight excluding hydrogens is 751 g/mol. The maximum absolute atomic E-state index is 9.56. The Morgan fingerprint density at radius 3 is 1.20 bits per heavy atom. The van der Waals surface area contributed by atoms with Crippen LogP contribution in [0.3, 0.4) is 0 Å². The lowest BCUT2D eigenvalue weighted by molar-refractivity contribution is 0.271. The quantitative estimate of drug-likeness (QED) is 0.157. The monoisotopic (exact) mass is 788 g/mol. The number of hydrogen-bond donors (Lipinski definition) is 2. The lowest BCUT2D eigenvalue weighted by Crippen LogP contribution is -2.06.